The molecule has 0 heteroatoms. The number of rotatable bonds is 6. The van der Waals surface area contributed by atoms with E-state index in [1.54, 1.807) is 17.5 Å². The Hall–Kier alpha value is -1.56. The molecule has 4 fully saturated rings. The number of hydrogen-bond acceptors (Lipinski definition) is 0. The molecule has 0 aromatic heterocycles. The molecule has 0 radical (unpaired) electrons. The first-order valence-corrected chi connectivity index (χ1v) is 21.5. The number of benzene rings is 2. The largest absolute Gasteiger partial charge is 0.0776 e. The molecular weight excluding hydrogens is 709 g/mol. The first-order chi connectivity index (χ1) is 23.4. The average molecular weight is 830 g/mol. The van der Waals surface area contributed by atoms with Gasteiger partial charge in [0.1, 0.15) is 0 Å². The van der Waals surface area contributed by atoms with Crippen molar-refractivity contribution < 1.29 is 0 Å². The molecule has 2 aromatic carbocycles. The fourth-order valence-electron chi connectivity index (χ4n) is 9.79. The molecule has 0 N–H and O–H groups in total. The fourth-order valence-corrected chi connectivity index (χ4v) is 9.79. The van der Waals surface area contributed by atoms with Gasteiger partial charge >= 0.3 is 0 Å². The van der Waals surface area contributed by atoms with Crippen LogP contribution in [0.15, 0.2) is 24.3 Å². The summed E-state index contributed by atoms with van der Waals surface area (Å²) in [6.07, 6.45) is 27.9. The van der Waals surface area contributed by atoms with E-state index in [2.05, 4.69) is 93.5 Å². The number of aryl methyl sites for hydroxylation is 3. The minimum absolute atomic E-state index is 0. The Kier molecular flexibility index (Phi) is 43.9. The Labute approximate surface area is 380 Å². The maximum atomic E-state index is 2.43. The van der Waals surface area contributed by atoms with Crippen molar-refractivity contribution in [1.82, 2.24) is 0 Å². The van der Waals surface area contributed by atoms with E-state index < -0.39 is 0 Å². The smallest absolute Gasteiger partial charge is 0.0248 e. The highest BCUT2D eigenvalue weighted by atomic mass is 14.3. The van der Waals surface area contributed by atoms with E-state index in [9.17, 15) is 0 Å². The molecule has 4 aliphatic carbocycles. The standard InChI is InChI=1S/2C17H26.C15H28.10CH4/c1-12-5-8-16(9-6-12)11-17-10-7-13(2)14(3)15(17)4;1-12-5-7-16(8-6-12)11-17-9-13(2)15(4)14(3)10-17;1-12-3-7-14(8-4-12)11-15-9-5-13(2)6-10-15;;;;;;;;;;/h7,10,12,16H,5-6,8-9,11H2,1-4H3;9-10,12,16H,5-8,11H2,1-4H3;12-15H,3-11H2,1-2H3;10*1H4. The molecule has 356 valence electrons. The van der Waals surface area contributed by atoms with Crippen molar-refractivity contribution in [3.05, 3.63) is 68.8 Å². The highest BCUT2D eigenvalue weighted by molar-refractivity contribution is 5.39. The zero-order chi connectivity index (χ0) is 35.5. The third-order valence-electron chi connectivity index (χ3n) is 14.4. The van der Waals surface area contributed by atoms with E-state index >= 15 is 0 Å². The lowest BCUT2D eigenvalue weighted by Crippen LogP contribution is -2.19. The summed E-state index contributed by atoms with van der Waals surface area (Å²) >= 11 is 0. The van der Waals surface area contributed by atoms with Crippen LogP contribution in [0.25, 0.3) is 0 Å². The normalized spacial score (nSPS) is 25.3. The van der Waals surface area contributed by atoms with Crippen LogP contribution in [0, 0.1) is 88.9 Å². The summed E-state index contributed by atoms with van der Waals surface area (Å²) in [6.45, 7) is 23.2. The maximum absolute atomic E-state index is 2.43. The first kappa shape index (κ1) is 71.9. The van der Waals surface area contributed by atoms with Crippen molar-refractivity contribution in [2.24, 2.45) is 47.3 Å². The van der Waals surface area contributed by atoms with Gasteiger partial charge in [-0.25, -0.2) is 0 Å². The molecular formula is C59H120. The topological polar surface area (TPSA) is 0 Å². The van der Waals surface area contributed by atoms with E-state index in [1.165, 1.54) is 149 Å². The molecule has 0 heterocycles. The Morgan fingerprint density at radius 3 is 0.983 bits per heavy atom. The maximum Gasteiger partial charge on any atom is -0.0248 e. The third-order valence-corrected chi connectivity index (χ3v) is 14.4. The number of hydrogen-bond donors (Lipinski definition) is 0. The minimum atomic E-state index is 0. The molecule has 4 aliphatic rings. The average Bonchev–Trinajstić information content (AvgIpc) is 3.08. The van der Waals surface area contributed by atoms with Gasteiger partial charge in [0.15, 0.2) is 0 Å². The summed E-state index contributed by atoms with van der Waals surface area (Å²) in [5.41, 5.74) is 12.0. The molecule has 0 nitrogen and oxygen atoms in total. The second kappa shape index (κ2) is 36.0. The monoisotopic (exact) mass is 829 g/mol. The SMILES string of the molecule is C.C.C.C.C.C.C.C.C.C.CC1CCC(CC2CCC(C)CC2)CC1.Cc1cc(CC2CCC(C)CC2)cc(C)c1C.Cc1ccc(CC2CCC(C)CC2)c(C)c1C. The molecule has 0 amide bonds. The van der Waals surface area contributed by atoms with Crippen LogP contribution >= 0.6 is 0 Å². The fraction of sp³-hybridized carbons (Fsp3) is 0.797. The van der Waals surface area contributed by atoms with Gasteiger partial charge in [0.25, 0.3) is 0 Å². The third kappa shape index (κ3) is 24.0. The van der Waals surface area contributed by atoms with E-state index in [1.807, 2.05) is 0 Å². The quantitative estimate of drug-likeness (QED) is 0.272. The molecule has 0 saturated heterocycles. The predicted octanol–water partition coefficient (Wildman–Crippen LogP) is 21.4. The summed E-state index contributed by atoms with van der Waals surface area (Å²) in [6, 6.07) is 9.46. The lowest BCUT2D eigenvalue weighted by atomic mass is 9.74. The van der Waals surface area contributed by atoms with Gasteiger partial charge in [0.2, 0.25) is 0 Å². The van der Waals surface area contributed by atoms with Crippen molar-refractivity contribution in [1.29, 1.82) is 0 Å². The second-order valence-electron chi connectivity index (χ2n) is 18.8. The van der Waals surface area contributed by atoms with Crippen molar-refractivity contribution in [2.45, 2.75) is 265 Å². The van der Waals surface area contributed by atoms with Crippen molar-refractivity contribution in [3.8, 4) is 0 Å². The van der Waals surface area contributed by atoms with E-state index in [0.717, 1.165) is 47.3 Å². The van der Waals surface area contributed by atoms with Crippen molar-refractivity contribution in [3.63, 3.8) is 0 Å². The summed E-state index contributed by atoms with van der Waals surface area (Å²) in [4.78, 5) is 0. The molecule has 0 unspecified atom stereocenters. The minimum Gasteiger partial charge on any atom is -0.0776 e. The zero-order valence-corrected chi connectivity index (χ0v) is 34.4. The van der Waals surface area contributed by atoms with Gasteiger partial charge in [-0.3, -0.25) is 0 Å². The van der Waals surface area contributed by atoms with Gasteiger partial charge < -0.3 is 0 Å². The molecule has 2 aromatic rings. The van der Waals surface area contributed by atoms with Crippen LogP contribution in [0.5, 0.6) is 0 Å². The lowest BCUT2D eigenvalue weighted by molar-refractivity contribution is 0.201. The highest BCUT2D eigenvalue weighted by Gasteiger charge is 2.25. The summed E-state index contributed by atoms with van der Waals surface area (Å²) in [5, 5.41) is 0. The Morgan fingerprint density at radius 2 is 0.644 bits per heavy atom. The first-order valence-electron chi connectivity index (χ1n) is 21.5. The molecule has 0 spiro atoms. The molecule has 0 atom stereocenters. The molecule has 4 saturated carbocycles. The van der Waals surface area contributed by atoms with E-state index in [-0.39, 0.29) is 74.3 Å². The zero-order valence-electron chi connectivity index (χ0n) is 34.4. The molecule has 59 heavy (non-hydrogen) atoms. The van der Waals surface area contributed by atoms with Gasteiger partial charge in [0, 0.05) is 0 Å². The Morgan fingerprint density at radius 1 is 0.339 bits per heavy atom. The van der Waals surface area contributed by atoms with Crippen molar-refractivity contribution in [2.75, 3.05) is 0 Å². The van der Waals surface area contributed by atoms with Crippen LogP contribution in [0.2, 0.25) is 0 Å². The predicted molar refractivity (Wildman–Crippen MR) is 285 cm³/mol. The van der Waals surface area contributed by atoms with Gasteiger partial charge in [-0.1, -0.05) is 203 Å². The van der Waals surface area contributed by atoms with E-state index in [4.69, 9.17) is 0 Å². The van der Waals surface area contributed by atoms with Crippen LogP contribution in [0.1, 0.15) is 256 Å². The Balaban J connectivity index is -0.000000127. The van der Waals surface area contributed by atoms with Gasteiger partial charge in [0.05, 0.1) is 0 Å². The second-order valence-corrected chi connectivity index (χ2v) is 18.8. The molecule has 6 rings (SSSR count). The van der Waals surface area contributed by atoms with Crippen LogP contribution in [0.3, 0.4) is 0 Å². The molecule has 0 bridgehead atoms. The van der Waals surface area contributed by atoms with Gasteiger partial charge in [-0.15, -0.1) is 0 Å². The van der Waals surface area contributed by atoms with Crippen molar-refractivity contribution >= 4 is 0 Å². The summed E-state index contributed by atoms with van der Waals surface area (Å²) in [5.74, 6) is 8.04. The van der Waals surface area contributed by atoms with Crippen LogP contribution < -0.4 is 0 Å². The Bertz CT molecular complexity index is 1190. The van der Waals surface area contributed by atoms with Crippen LogP contribution in [-0.4, -0.2) is 0 Å². The summed E-state index contributed by atoms with van der Waals surface area (Å²) < 4.78 is 0. The van der Waals surface area contributed by atoms with Gasteiger partial charge in [-0.05, 0) is 178 Å². The highest BCUT2D eigenvalue weighted by Crippen LogP contribution is 2.38. The molecule has 0 aliphatic heterocycles. The summed E-state index contributed by atoms with van der Waals surface area (Å²) in [7, 11) is 0. The van der Waals surface area contributed by atoms with Gasteiger partial charge in [-0.2, -0.15) is 0 Å². The van der Waals surface area contributed by atoms with Crippen LogP contribution in [0.4, 0.5) is 0 Å². The van der Waals surface area contributed by atoms with E-state index in [0.29, 0.717) is 0 Å². The van der Waals surface area contributed by atoms with Crippen LogP contribution in [-0.2, 0) is 12.8 Å². The lowest BCUT2D eigenvalue weighted by Gasteiger charge is -2.32.